The van der Waals surface area contributed by atoms with Gasteiger partial charge in [0.15, 0.2) is 0 Å². The van der Waals surface area contributed by atoms with Crippen LogP contribution in [-0.2, 0) is 11.4 Å². The molecule has 1 aliphatic heterocycles. The van der Waals surface area contributed by atoms with Crippen LogP contribution in [0.4, 0.5) is 5.69 Å². The molecule has 1 aromatic carbocycles. The van der Waals surface area contributed by atoms with Crippen molar-refractivity contribution in [3.8, 4) is 0 Å². The molecule has 76 valence electrons. The minimum atomic E-state index is 0.488. The van der Waals surface area contributed by atoms with Crippen LogP contribution >= 0.6 is 0 Å². The Balaban J connectivity index is 2.12. The Hall–Kier alpha value is -1.06. The van der Waals surface area contributed by atoms with Gasteiger partial charge in [0, 0.05) is 18.8 Å². The predicted octanol–water partition coefficient (Wildman–Crippen LogP) is 1.68. The molecular formula is C11H16N2O. The first kappa shape index (κ1) is 9.49. The summed E-state index contributed by atoms with van der Waals surface area (Å²) in [6, 6.07) is 8.39. The maximum Gasteiger partial charge on any atom is 0.0930 e. The summed E-state index contributed by atoms with van der Waals surface area (Å²) in [6.45, 7) is 2.83. The Labute approximate surface area is 84.4 Å². The first-order valence-electron chi connectivity index (χ1n) is 5.06. The summed E-state index contributed by atoms with van der Waals surface area (Å²) in [5.74, 6) is 5.05. The van der Waals surface area contributed by atoms with Crippen molar-refractivity contribution >= 4 is 5.69 Å². The monoisotopic (exact) mass is 192 g/mol. The number of hydrogen-bond donors (Lipinski definition) is 1. The van der Waals surface area contributed by atoms with Crippen molar-refractivity contribution < 1.29 is 4.84 Å². The highest BCUT2D eigenvalue weighted by molar-refractivity contribution is 5.49. The molecule has 2 rings (SSSR count). The van der Waals surface area contributed by atoms with E-state index in [0.717, 1.165) is 5.56 Å². The second-order valence-corrected chi connectivity index (χ2v) is 3.68. The summed E-state index contributed by atoms with van der Waals surface area (Å²) in [6.07, 6.45) is 2.61. The lowest BCUT2D eigenvalue weighted by atomic mass is 10.2. The highest BCUT2D eigenvalue weighted by atomic mass is 16.6. The molecule has 2 N–H and O–H groups in total. The number of nitrogens with zero attached hydrogens (tertiary/aromatic N) is 1. The van der Waals surface area contributed by atoms with Crippen LogP contribution in [0.2, 0.25) is 0 Å². The van der Waals surface area contributed by atoms with Gasteiger partial charge in [0.1, 0.15) is 0 Å². The molecule has 1 heterocycles. The second-order valence-electron chi connectivity index (χ2n) is 3.68. The summed E-state index contributed by atoms with van der Waals surface area (Å²) < 4.78 is 0. The Morgan fingerprint density at radius 1 is 1.29 bits per heavy atom. The topological polar surface area (TPSA) is 38.5 Å². The first-order chi connectivity index (χ1) is 6.90. The average Bonchev–Trinajstić information content (AvgIpc) is 2.71. The molecule has 1 aliphatic rings. The molecule has 0 bridgehead atoms. The van der Waals surface area contributed by atoms with Crippen LogP contribution in [0.15, 0.2) is 24.3 Å². The quantitative estimate of drug-likeness (QED) is 0.740. The third-order valence-corrected chi connectivity index (χ3v) is 2.63. The van der Waals surface area contributed by atoms with E-state index in [9.17, 15) is 0 Å². The molecule has 3 nitrogen and oxygen atoms in total. The zero-order valence-electron chi connectivity index (χ0n) is 8.28. The Bertz CT molecular complexity index is 295. The number of hydrogen-bond acceptors (Lipinski definition) is 3. The van der Waals surface area contributed by atoms with Gasteiger partial charge in [-0.05, 0) is 30.5 Å². The SMILES string of the molecule is NOCc1cccc(N2CCCC2)c1. The normalized spacial score (nSPS) is 16.2. The molecule has 0 saturated carbocycles. The molecule has 0 radical (unpaired) electrons. The summed E-state index contributed by atoms with van der Waals surface area (Å²) in [7, 11) is 0. The number of benzene rings is 1. The smallest absolute Gasteiger partial charge is 0.0930 e. The Morgan fingerprint density at radius 3 is 2.79 bits per heavy atom. The van der Waals surface area contributed by atoms with Crippen molar-refractivity contribution in [1.29, 1.82) is 0 Å². The molecule has 0 aromatic heterocycles. The van der Waals surface area contributed by atoms with Crippen molar-refractivity contribution in [3.05, 3.63) is 29.8 Å². The lowest BCUT2D eigenvalue weighted by Gasteiger charge is -2.18. The molecule has 0 atom stereocenters. The summed E-state index contributed by atoms with van der Waals surface area (Å²) in [5.41, 5.74) is 2.42. The van der Waals surface area contributed by atoms with Gasteiger partial charge < -0.3 is 4.90 Å². The zero-order valence-corrected chi connectivity index (χ0v) is 8.28. The molecule has 0 amide bonds. The highest BCUT2D eigenvalue weighted by Gasteiger charge is 2.11. The Morgan fingerprint density at radius 2 is 2.07 bits per heavy atom. The van der Waals surface area contributed by atoms with Gasteiger partial charge in [0.05, 0.1) is 6.61 Å². The fourth-order valence-corrected chi connectivity index (χ4v) is 1.91. The molecule has 1 aromatic rings. The van der Waals surface area contributed by atoms with E-state index in [1.54, 1.807) is 0 Å². The molecule has 0 aliphatic carbocycles. The van der Waals surface area contributed by atoms with Crippen LogP contribution in [0, 0.1) is 0 Å². The van der Waals surface area contributed by atoms with E-state index in [1.165, 1.54) is 31.6 Å². The van der Waals surface area contributed by atoms with Crippen molar-refractivity contribution in [2.45, 2.75) is 19.4 Å². The zero-order chi connectivity index (χ0) is 9.80. The molecule has 3 heteroatoms. The van der Waals surface area contributed by atoms with Crippen LogP contribution in [0.5, 0.6) is 0 Å². The van der Waals surface area contributed by atoms with E-state index in [4.69, 9.17) is 5.90 Å². The van der Waals surface area contributed by atoms with Gasteiger partial charge in [0.25, 0.3) is 0 Å². The first-order valence-corrected chi connectivity index (χ1v) is 5.06. The average molecular weight is 192 g/mol. The van der Waals surface area contributed by atoms with E-state index in [1.807, 2.05) is 6.07 Å². The maximum atomic E-state index is 5.05. The van der Waals surface area contributed by atoms with Gasteiger partial charge in [-0.3, -0.25) is 4.84 Å². The number of nitrogens with two attached hydrogens (primary N) is 1. The van der Waals surface area contributed by atoms with Gasteiger partial charge in [-0.1, -0.05) is 12.1 Å². The minimum absolute atomic E-state index is 0.488. The van der Waals surface area contributed by atoms with E-state index >= 15 is 0 Å². The lowest BCUT2D eigenvalue weighted by molar-refractivity contribution is 0.124. The minimum Gasteiger partial charge on any atom is -0.372 e. The van der Waals surface area contributed by atoms with Crippen molar-refractivity contribution in [2.75, 3.05) is 18.0 Å². The summed E-state index contributed by atoms with van der Waals surface area (Å²) in [4.78, 5) is 7.03. The fourth-order valence-electron chi connectivity index (χ4n) is 1.91. The van der Waals surface area contributed by atoms with Crippen LogP contribution in [0.3, 0.4) is 0 Å². The lowest BCUT2D eigenvalue weighted by Crippen LogP contribution is -2.17. The van der Waals surface area contributed by atoms with Gasteiger partial charge in [0.2, 0.25) is 0 Å². The molecule has 14 heavy (non-hydrogen) atoms. The molecule has 0 spiro atoms. The van der Waals surface area contributed by atoms with Gasteiger partial charge in [-0.25, -0.2) is 5.90 Å². The van der Waals surface area contributed by atoms with Crippen molar-refractivity contribution in [3.63, 3.8) is 0 Å². The van der Waals surface area contributed by atoms with Crippen LogP contribution in [-0.4, -0.2) is 13.1 Å². The van der Waals surface area contributed by atoms with E-state index in [0.29, 0.717) is 6.61 Å². The van der Waals surface area contributed by atoms with E-state index in [-0.39, 0.29) is 0 Å². The third kappa shape index (κ3) is 2.05. The standard InChI is InChI=1S/C11H16N2O/c12-14-9-10-4-3-5-11(8-10)13-6-1-2-7-13/h3-5,8H,1-2,6-7,9,12H2. The summed E-state index contributed by atoms with van der Waals surface area (Å²) >= 11 is 0. The highest BCUT2D eigenvalue weighted by Crippen LogP contribution is 2.21. The van der Waals surface area contributed by atoms with Gasteiger partial charge in [-0.15, -0.1) is 0 Å². The fraction of sp³-hybridized carbons (Fsp3) is 0.455. The molecule has 0 unspecified atom stereocenters. The van der Waals surface area contributed by atoms with Crippen LogP contribution in [0.1, 0.15) is 18.4 Å². The third-order valence-electron chi connectivity index (χ3n) is 2.63. The molecule has 1 saturated heterocycles. The largest absolute Gasteiger partial charge is 0.372 e. The van der Waals surface area contributed by atoms with Gasteiger partial charge >= 0.3 is 0 Å². The van der Waals surface area contributed by atoms with E-state index in [2.05, 4.69) is 27.9 Å². The number of rotatable bonds is 3. The van der Waals surface area contributed by atoms with Crippen LogP contribution in [0.25, 0.3) is 0 Å². The predicted molar refractivity (Wildman–Crippen MR) is 56.9 cm³/mol. The van der Waals surface area contributed by atoms with Crippen molar-refractivity contribution in [1.82, 2.24) is 0 Å². The Kier molecular flexibility index (Phi) is 3.01. The summed E-state index contributed by atoms with van der Waals surface area (Å²) in [5, 5.41) is 0. The van der Waals surface area contributed by atoms with Crippen LogP contribution < -0.4 is 10.8 Å². The van der Waals surface area contributed by atoms with E-state index < -0.39 is 0 Å². The second kappa shape index (κ2) is 4.44. The molecular weight excluding hydrogens is 176 g/mol. The van der Waals surface area contributed by atoms with Crippen molar-refractivity contribution in [2.24, 2.45) is 5.90 Å². The van der Waals surface area contributed by atoms with Gasteiger partial charge in [-0.2, -0.15) is 0 Å². The maximum absolute atomic E-state index is 5.05. The molecule has 1 fully saturated rings. The number of anilines is 1.